The molecule has 0 amide bonds. The zero-order chi connectivity index (χ0) is 12.1. The van der Waals surface area contributed by atoms with Crippen molar-refractivity contribution < 1.29 is 19.0 Å². The van der Waals surface area contributed by atoms with Crippen LogP contribution in [0, 0.1) is 0 Å². The van der Waals surface area contributed by atoms with Crippen LogP contribution in [0.3, 0.4) is 0 Å². The summed E-state index contributed by atoms with van der Waals surface area (Å²) in [5.74, 6) is -0.0881. The van der Waals surface area contributed by atoms with E-state index in [9.17, 15) is 4.79 Å². The van der Waals surface area contributed by atoms with E-state index in [-0.39, 0.29) is 5.97 Å². The third-order valence-electron chi connectivity index (χ3n) is 2.24. The van der Waals surface area contributed by atoms with Gasteiger partial charge in [-0.25, -0.2) is 0 Å². The predicted octanol–water partition coefficient (Wildman–Crippen LogP) is 2.16. The van der Waals surface area contributed by atoms with E-state index < -0.39 is 0 Å². The van der Waals surface area contributed by atoms with E-state index in [2.05, 4.69) is 0 Å². The van der Waals surface area contributed by atoms with Crippen molar-refractivity contribution in [2.24, 2.45) is 0 Å². The lowest BCUT2D eigenvalue weighted by Crippen LogP contribution is -2.06. The van der Waals surface area contributed by atoms with Crippen LogP contribution in [0.25, 0.3) is 0 Å². The molecule has 0 N–H and O–H groups in total. The molecule has 0 heterocycles. The summed E-state index contributed by atoms with van der Waals surface area (Å²) in [6, 6.07) is 0. The maximum absolute atomic E-state index is 11.2. The topological polar surface area (TPSA) is 44.8 Å². The molecule has 0 saturated carbocycles. The number of unbranched alkanes of at least 4 members (excludes halogenated alkanes) is 3. The molecule has 0 bridgehead atoms. The highest BCUT2D eigenvalue weighted by Gasteiger charge is 2.01. The molecule has 0 fully saturated rings. The van der Waals surface area contributed by atoms with Gasteiger partial charge in [-0.15, -0.1) is 0 Å². The molecule has 0 saturated heterocycles. The van der Waals surface area contributed by atoms with E-state index in [1.54, 1.807) is 14.2 Å². The molecule has 4 nitrogen and oxygen atoms in total. The van der Waals surface area contributed by atoms with Gasteiger partial charge in [-0.2, -0.15) is 0 Å². The number of rotatable bonds is 11. The molecule has 0 aromatic heterocycles. The molecular weight excluding hydrogens is 208 g/mol. The monoisotopic (exact) mass is 232 g/mol. The Balaban J connectivity index is 3.12. The van der Waals surface area contributed by atoms with E-state index >= 15 is 0 Å². The van der Waals surface area contributed by atoms with Crippen molar-refractivity contribution in [2.45, 2.75) is 38.5 Å². The van der Waals surface area contributed by atoms with Crippen LogP contribution >= 0.6 is 0 Å². The number of hydrogen-bond acceptors (Lipinski definition) is 4. The lowest BCUT2D eigenvalue weighted by atomic mass is 10.2. The van der Waals surface area contributed by atoms with E-state index in [1.807, 2.05) is 0 Å². The molecule has 0 spiro atoms. The first-order chi connectivity index (χ1) is 7.81. The molecule has 0 aromatic rings. The molecule has 0 aliphatic carbocycles. The first-order valence-corrected chi connectivity index (χ1v) is 5.94. The van der Waals surface area contributed by atoms with E-state index in [0.29, 0.717) is 13.0 Å². The van der Waals surface area contributed by atoms with Crippen LogP contribution in [0.15, 0.2) is 0 Å². The molecule has 0 aliphatic heterocycles. The van der Waals surface area contributed by atoms with Crippen molar-refractivity contribution in [3.8, 4) is 0 Å². The highest BCUT2D eigenvalue weighted by Crippen LogP contribution is 2.02. The summed E-state index contributed by atoms with van der Waals surface area (Å²) in [5, 5.41) is 0. The van der Waals surface area contributed by atoms with Crippen molar-refractivity contribution >= 4 is 5.97 Å². The molecule has 0 aromatic carbocycles. The van der Waals surface area contributed by atoms with Crippen LogP contribution in [-0.4, -0.2) is 40.0 Å². The Kier molecular flexibility index (Phi) is 12.0. The molecule has 4 heteroatoms. The van der Waals surface area contributed by atoms with Crippen LogP contribution in [0.1, 0.15) is 38.5 Å². The maximum Gasteiger partial charge on any atom is 0.305 e. The fraction of sp³-hybridized carbons (Fsp3) is 0.917. The van der Waals surface area contributed by atoms with Crippen molar-refractivity contribution in [3.05, 3.63) is 0 Å². The van der Waals surface area contributed by atoms with Crippen LogP contribution in [0.4, 0.5) is 0 Å². The van der Waals surface area contributed by atoms with Gasteiger partial charge in [0.15, 0.2) is 0 Å². The highest BCUT2D eigenvalue weighted by molar-refractivity contribution is 5.69. The number of ether oxygens (including phenoxy) is 3. The van der Waals surface area contributed by atoms with Gasteiger partial charge in [0.2, 0.25) is 0 Å². The van der Waals surface area contributed by atoms with E-state index in [1.165, 1.54) is 0 Å². The molecule has 16 heavy (non-hydrogen) atoms. The van der Waals surface area contributed by atoms with Crippen LogP contribution in [-0.2, 0) is 19.0 Å². The van der Waals surface area contributed by atoms with Gasteiger partial charge in [0.1, 0.15) is 0 Å². The van der Waals surface area contributed by atoms with Gasteiger partial charge in [0, 0.05) is 33.9 Å². The molecule has 0 rings (SSSR count). The Labute approximate surface area is 98.3 Å². The molecule has 0 unspecified atom stereocenters. The second kappa shape index (κ2) is 12.5. The highest BCUT2D eigenvalue weighted by atomic mass is 16.5. The summed E-state index contributed by atoms with van der Waals surface area (Å²) in [6.45, 7) is 2.01. The Morgan fingerprint density at radius 3 is 2.00 bits per heavy atom. The van der Waals surface area contributed by atoms with Gasteiger partial charge < -0.3 is 14.2 Å². The third-order valence-corrected chi connectivity index (χ3v) is 2.24. The summed E-state index contributed by atoms with van der Waals surface area (Å²) in [4.78, 5) is 11.2. The number of hydrogen-bond donors (Lipinski definition) is 0. The van der Waals surface area contributed by atoms with Gasteiger partial charge in [-0.1, -0.05) is 6.42 Å². The lowest BCUT2D eigenvalue weighted by molar-refractivity contribution is -0.144. The van der Waals surface area contributed by atoms with E-state index in [4.69, 9.17) is 14.2 Å². The zero-order valence-electron chi connectivity index (χ0n) is 10.5. The smallest absolute Gasteiger partial charge is 0.305 e. The first kappa shape index (κ1) is 15.4. The van der Waals surface area contributed by atoms with Crippen molar-refractivity contribution in [3.63, 3.8) is 0 Å². The average molecular weight is 232 g/mol. The molecule has 0 radical (unpaired) electrons. The molecule has 96 valence electrons. The van der Waals surface area contributed by atoms with Crippen molar-refractivity contribution in [2.75, 3.05) is 34.0 Å². The Morgan fingerprint density at radius 1 is 0.812 bits per heavy atom. The minimum atomic E-state index is -0.0881. The van der Waals surface area contributed by atoms with Gasteiger partial charge in [0.25, 0.3) is 0 Å². The maximum atomic E-state index is 11.2. The summed E-state index contributed by atoms with van der Waals surface area (Å²) in [6.07, 6.45) is 5.26. The summed E-state index contributed by atoms with van der Waals surface area (Å²) >= 11 is 0. The second-order valence-corrected chi connectivity index (χ2v) is 3.72. The SMILES string of the molecule is COCCCCCC(=O)OCCCCOC. The number of methoxy groups -OCH3 is 2. The van der Waals surface area contributed by atoms with Crippen LogP contribution < -0.4 is 0 Å². The average Bonchev–Trinajstić information content (AvgIpc) is 2.28. The van der Waals surface area contributed by atoms with Crippen LogP contribution in [0.2, 0.25) is 0 Å². The minimum absolute atomic E-state index is 0.0881. The number of carbonyl (C=O) groups is 1. The fourth-order valence-corrected chi connectivity index (χ4v) is 1.30. The fourth-order valence-electron chi connectivity index (χ4n) is 1.30. The van der Waals surface area contributed by atoms with Gasteiger partial charge in [-0.05, 0) is 25.7 Å². The second-order valence-electron chi connectivity index (χ2n) is 3.72. The zero-order valence-corrected chi connectivity index (χ0v) is 10.5. The summed E-state index contributed by atoms with van der Waals surface area (Å²) < 4.78 is 14.9. The Hall–Kier alpha value is -0.610. The molecular formula is C12H24O4. The van der Waals surface area contributed by atoms with E-state index in [0.717, 1.165) is 45.3 Å². The van der Waals surface area contributed by atoms with Gasteiger partial charge in [-0.3, -0.25) is 4.79 Å². The third kappa shape index (κ3) is 11.5. The molecule has 0 atom stereocenters. The molecule has 0 aliphatic rings. The Bertz CT molecular complexity index is 143. The number of esters is 1. The van der Waals surface area contributed by atoms with Crippen LogP contribution in [0.5, 0.6) is 0 Å². The normalized spacial score (nSPS) is 10.4. The summed E-state index contributed by atoms with van der Waals surface area (Å²) in [5.41, 5.74) is 0. The minimum Gasteiger partial charge on any atom is -0.466 e. The lowest BCUT2D eigenvalue weighted by Gasteiger charge is -2.04. The predicted molar refractivity (Wildman–Crippen MR) is 62.4 cm³/mol. The van der Waals surface area contributed by atoms with Crippen molar-refractivity contribution in [1.29, 1.82) is 0 Å². The van der Waals surface area contributed by atoms with Gasteiger partial charge in [0.05, 0.1) is 6.61 Å². The summed E-state index contributed by atoms with van der Waals surface area (Å²) in [7, 11) is 3.36. The standard InChI is InChI=1S/C12H24O4/c1-14-9-5-3-4-8-12(13)16-11-7-6-10-15-2/h3-11H2,1-2H3. The first-order valence-electron chi connectivity index (χ1n) is 5.94. The largest absolute Gasteiger partial charge is 0.466 e. The number of carbonyl (C=O) groups excluding carboxylic acids is 1. The van der Waals surface area contributed by atoms with Gasteiger partial charge >= 0.3 is 5.97 Å². The van der Waals surface area contributed by atoms with Crippen molar-refractivity contribution in [1.82, 2.24) is 0 Å². The Morgan fingerprint density at radius 2 is 1.38 bits per heavy atom. The quantitative estimate of drug-likeness (QED) is 0.404.